The smallest absolute Gasteiger partial charge is 0.153 e. The van der Waals surface area contributed by atoms with Crippen molar-refractivity contribution in [3.8, 4) is 17.6 Å². The van der Waals surface area contributed by atoms with Gasteiger partial charge in [0.2, 0.25) is 0 Å². The molecule has 2 aromatic rings. The molecule has 2 rings (SSSR count). The highest BCUT2D eigenvalue weighted by Gasteiger charge is 2.05. The molecule has 0 saturated heterocycles. The quantitative estimate of drug-likeness (QED) is 0.807. The Bertz CT molecular complexity index is 632. The molecule has 0 N–H and O–H groups in total. The van der Waals surface area contributed by atoms with Crippen molar-refractivity contribution in [2.75, 3.05) is 0 Å². The van der Waals surface area contributed by atoms with Crippen LogP contribution in [0.5, 0.6) is 11.5 Å². The normalized spacial score (nSPS) is 9.56. The molecule has 3 nitrogen and oxygen atoms in total. The van der Waals surface area contributed by atoms with Crippen molar-refractivity contribution in [3.63, 3.8) is 0 Å². The standard InChI is InChI=1S/C14H8BrNO2/c15-12-5-4-11(9-17)14(7-12)18-13-3-1-2-10(6-13)8-16/h1-7,9H. The highest BCUT2D eigenvalue weighted by Crippen LogP contribution is 2.28. The van der Waals surface area contributed by atoms with Crippen molar-refractivity contribution in [1.82, 2.24) is 0 Å². The molecule has 0 aliphatic rings. The monoisotopic (exact) mass is 301 g/mol. The van der Waals surface area contributed by atoms with Crippen LogP contribution in [-0.2, 0) is 0 Å². The van der Waals surface area contributed by atoms with E-state index in [4.69, 9.17) is 10.00 Å². The number of carbonyl (C=O) groups excluding carboxylic acids is 1. The summed E-state index contributed by atoms with van der Waals surface area (Å²) in [7, 11) is 0. The molecule has 88 valence electrons. The Morgan fingerprint density at radius 2 is 2.06 bits per heavy atom. The van der Waals surface area contributed by atoms with Crippen LogP contribution >= 0.6 is 15.9 Å². The molecule has 4 heteroatoms. The number of carbonyl (C=O) groups is 1. The van der Waals surface area contributed by atoms with Crippen molar-refractivity contribution in [2.24, 2.45) is 0 Å². The third-order valence-corrected chi connectivity index (χ3v) is 2.79. The number of rotatable bonds is 3. The topological polar surface area (TPSA) is 50.1 Å². The van der Waals surface area contributed by atoms with E-state index in [1.54, 1.807) is 42.5 Å². The van der Waals surface area contributed by atoms with Crippen molar-refractivity contribution in [3.05, 3.63) is 58.1 Å². The Hall–Kier alpha value is -2.12. The highest BCUT2D eigenvalue weighted by molar-refractivity contribution is 9.10. The molecule has 0 bridgehead atoms. The first kappa shape index (κ1) is 12.3. The summed E-state index contributed by atoms with van der Waals surface area (Å²) in [6, 6.07) is 13.9. The van der Waals surface area contributed by atoms with E-state index in [9.17, 15) is 4.79 Å². The van der Waals surface area contributed by atoms with E-state index in [0.29, 0.717) is 22.6 Å². The number of hydrogen-bond donors (Lipinski definition) is 0. The van der Waals surface area contributed by atoms with E-state index >= 15 is 0 Å². The van der Waals surface area contributed by atoms with Gasteiger partial charge in [0, 0.05) is 4.47 Å². The summed E-state index contributed by atoms with van der Waals surface area (Å²) in [5.74, 6) is 0.977. The van der Waals surface area contributed by atoms with E-state index in [1.807, 2.05) is 6.07 Å². The third-order valence-electron chi connectivity index (χ3n) is 2.29. The molecular formula is C14H8BrNO2. The molecule has 0 fully saturated rings. The van der Waals surface area contributed by atoms with Crippen LogP contribution in [0, 0.1) is 11.3 Å². The van der Waals surface area contributed by atoms with Gasteiger partial charge in [-0.15, -0.1) is 0 Å². The van der Waals surface area contributed by atoms with E-state index < -0.39 is 0 Å². The summed E-state index contributed by atoms with van der Waals surface area (Å²) >= 11 is 3.32. The van der Waals surface area contributed by atoms with Gasteiger partial charge in [-0.2, -0.15) is 5.26 Å². The second kappa shape index (κ2) is 5.48. The van der Waals surface area contributed by atoms with E-state index in [-0.39, 0.29) is 0 Å². The Morgan fingerprint density at radius 1 is 1.22 bits per heavy atom. The lowest BCUT2D eigenvalue weighted by atomic mass is 10.2. The van der Waals surface area contributed by atoms with Crippen molar-refractivity contribution < 1.29 is 9.53 Å². The zero-order valence-corrected chi connectivity index (χ0v) is 10.8. The summed E-state index contributed by atoms with van der Waals surface area (Å²) < 4.78 is 6.43. The van der Waals surface area contributed by atoms with Crippen LogP contribution in [0.4, 0.5) is 0 Å². The molecule has 0 aliphatic heterocycles. The van der Waals surface area contributed by atoms with Gasteiger partial charge in [0.25, 0.3) is 0 Å². The summed E-state index contributed by atoms with van der Waals surface area (Å²) in [6.07, 6.45) is 0.732. The van der Waals surface area contributed by atoms with Crippen LogP contribution in [0.3, 0.4) is 0 Å². The number of nitriles is 1. The Balaban J connectivity index is 2.36. The zero-order valence-electron chi connectivity index (χ0n) is 9.26. The first-order valence-electron chi connectivity index (χ1n) is 5.15. The summed E-state index contributed by atoms with van der Waals surface area (Å²) in [4.78, 5) is 10.9. The van der Waals surface area contributed by atoms with Gasteiger partial charge >= 0.3 is 0 Å². The average molecular weight is 302 g/mol. The van der Waals surface area contributed by atoms with Gasteiger partial charge in [0.15, 0.2) is 6.29 Å². The van der Waals surface area contributed by atoms with Crippen LogP contribution in [-0.4, -0.2) is 6.29 Å². The molecule has 0 aromatic heterocycles. The number of nitrogens with zero attached hydrogens (tertiary/aromatic N) is 1. The van der Waals surface area contributed by atoms with Crippen LogP contribution in [0.15, 0.2) is 46.9 Å². The van der Waals surface area contributed by atoms with Crippen molar-refractivity contribution in [1.29, 1.82) is 5.26 Å². The molecule has 2 aromatic carbocycles. The van der Waals surface area contributed by atoms with Crippen LogP contribution in [0.2, 0.25) is 0 Å². The molecule has 0 heterocycles. The van der Waals surface area contributed by atoms with Crippen molar-refractivity contribution >= 4 is 22.2 Å². The molecular weight excluding hydrogens is 294 g/mol. The maximum Gasteiger partial charge on any atom is 0.153 e. The van der Waals surface area contributed by atoms with Gasteiger partial charge < -0.3 is 4.74 Å². The number of aldehydes is 1. The number of hydrogen-bond acceptors (Lipinski definition) is 3. The second-order valence-corrected chi connectivity index (χ2v) is 4.46. The molecule has 0 amide bonds. The Kier molecular flexibility index (Phi) is 3.75. The maximum atomic E-state index is 10.9. The first-order valence-corrected chi connectivity index (χ1v) is 5.95. The zero-order chi connectivity index (χ0) is 13.0. The summed E-state index contributed by atoms with van der Waals surface area (Å²) in [5, 5.41) is 8.80. The lowest BCUT2D eigenvalue weighted by Crippen LogP contribution is -1.90. The Morgan fingerprint density at radius 3 is 2.78 bits per heavy atom. The van der Waals surface area contributed by atoms with Gasteiger partial charge in [-0.1, -0.05) is 22.0 Å². The molecule has 0 spiro atoms. The highest BCUT2D eigenvalue weighted by atomic mass is 79.9. The minimum atomic E-state index is 0.453. The Labute approximate surface area is 113 Å². The maximum absolute atomic E-state index is 10.9. The summed E-state index contributed by atoms with van der Waals surface area (Å²) in [6.45, 7) is 0. The molecule has 0 aliphatic carbocycles. The molecule has 0 atom stereocenters. The van der Waals surface area contributed by atoms with Gasteiger partial charge in [0.05, 0.1) is 17.2 Å². The lowest BCUT2D eigenvalue weighted by molar-refractivity contribution is 0.112. The van der Waals surface area contributed by atoms with Crippen LogP contribution in [0.25, 0.3) is 0 Å². The van der Waals surface area contributed by atoms with E-state index in [2.05, 4.69) is 15.9 Å². The fourth-order valence-corrected chi connectivity index (χ4v) is 1.79. The predicted molar refractivity (Wildman–Crippen MR) is 70.8 cm³/mol. The van der Waals surface area contributed by atoms with Crippen molar-refractivity contribution in [2.45, 2.75) is 0 Å². The van der Waals surface area contributed by atoms with Gasteiger partial charge in [-0.25, -0.2) is 0 Å². The van der Waals surface area contributed by atoms with Gasteiger partial charge in [-0.3, -0.25) is 4.79 Å². The molecule has 0 unspecified atom stereocenters. The van der Waals surface area contributed by atoms with Crippen LogP contribution < -0.4 is 4.74 Å². The average Bonchev–Trinajstić information content (AvgIpc) is 2.39. The summed E-state index contributed by atoms with van der Waals surface area (Å²) in [5.41, 5.74) is 0.968. The second-order valence-electron chi connectivity index (χ2n) is 3.54. The van der Waals surface area contributed by atoms with Gasteiger partial charge in [0.1, 0.15) is 11.5 Å². The minimum absolute atomic E-state index is 0.453. The predicted octanol–water partition coefficient (Wildman–Crippen LogP) is 3.93. The van der Waals surface area contributed by atoms with E-state index in [1.165, 1.54) is 0 Å². The SMILES string of the molecule is N#Cc1cccc(Oc2cc(Br)ccc2C=O)c1. The molecule has 18 heavy (non-hydrogen) atoms. The van der Waals surface area contributed by atoms with Gasteiger partial charge in [-0.05, 0) is 36.4 Å². The fourth-order valence-electron chi connectivity index (χ4n) is 1.45. The molecule has 0 radical (unpaired) electrons. The minimum Gasteiger partial charge on any atom is -0.457 e. The first-order chi connectivity index (χ1) is 8.72. The number of benzene rings is 2. The third kappa shape index (κ3) is 2.76. The number of halogens is 1. The van der Waals surface area contributed by atoms with Crippen LogP contribution in [0.1, 0.15) is 15.9 Å². The largest absolute Gasteiger partial charge is 0.457 e. The molecule has 0 saturated carbocycles. The lowest BCUT2D eigenvalue weighted by Gasteiger charge is -2.08. The number of ether oxygens (including phenoxy) is 1. The fraction of sp³-hybridized carbons (Fsp3) is 0. The van der Waals surface area contributed by atoms with E-state index in [0.717, 1.165) is 10.8 Å².